The third-order valence-electron chi connectivity index (χ3n) is 3.79. The van der Waals surface area contributed by atoms with Gasteiger partial charge in [0.1, 0.15) is 18.2 Å². The van der Waals surface area contributed by atoms with E-state index in [9.17, 15) is 13.6 Å². The van der Waals surface area contributed by atoms with Crippen LogP contribution in [-0.4, -0.2) is 25.8 Å². The quantitative estimate of drug-likeness (QED) is 0.786. The molecule has 7 heteroatoms. The second-order valence-corrected chi connectivity index (χ2v) is 5.74. The number of carboxylic acid groups (broad SMARTS) is 1. The van der Waals surface area contributed by atoms with Gasteiger partial charge in [-0.05, 0) is 61.4 Å². The lowest BCUT2D eigenvalue weighted by Gasteiger charge is -2.04. The van der Waals surface area contributed by atoms with Gasteiger partial charge in [-0.15, -0.1) is 5.10 Å². The Morgan fingerprint density at radius 1 is 1.04 bits per heavy atom. The van der Waals surface area contributed by atoms with Gasteiger partial charge in [0, 0.05) is 11.1 Å². The monoisotopic (exact) mass is 343 g/mol. The number of benzene rings is 2. The van der Waals surface area contributed by atoms with Gasteiger partial charge in [0.05, 0.1) is 0 Å². The van der Waals surface area contributed by atoms with Crippen LogP contribution in [0.25, 0.3) is 22.8 Å². The van der Waals surface area contributed by atoms with Gasteiger partial charge in [-0.1, -0.05) is 0 Å². The largest absolute Gasteiger partial charge is 0.480 e. The van der Waals surface area contributed by atoms with Crippen molar-refractivity contribution in [3.05, 3.63) is 59.2 Å². The number of aliphatic carboxylic acids is 1. The van der Waals surface area contributed by atoms with Crippen molar-refractivity contribution in [3.8, 4) is 22.8 Å². The van der Waals surface area contributed by atoms with Gasteiger partial charge in [-0.3, -0.25) is 4.79 Å². The molecule has 0 bridgehead atoms. The van der Waals surface area contributed by atoms with E-state index in [1.807, 2.05) is 0 Å². The van der Waals surface area contributed by atoms with Crippen LogP contribution in [0.5, 0.6) is 0 Å². The van der Waals surface area contributed by atoms with Crippen LogP contribution >= 0.6 is 0 Å². The number of nitrogens with zero attached hydrogens (tertiary/aromatic N) is 3. The van der Waals surface area contributed by atoms with E-state index < -0.39 is 5.97 Å². The molecule has 1 aromatic heterocycles. The Kier molecular flexibility index (Phi) is 4.31. The van der Waals surface area contributed by atoms with Crippen LogP contribution in [0.4, 0.5) is 8.78 Å². The molecule has 0 atom stereocenters. The predicted molar refractivity (Wildman–Crippen MR) is 87.9 cm³/mol. The average Bonchev–Trinajstić information content (AvgIpc) is 2.95. The van der Waals surface area contributed by atoms with Crippen LogP contribution in [0.3, 0.4) is 0 Å². The fourth-order valence-electron chi connectivity index (χ4n) is 2.48. The number of carboxylic acids is 1. The topological polar surface area (TPSA) is 68.0 Å². The van der Waals surface area contributed by atoms with E-state index in [4.69, 9.17) is 5.11 Å². The third-order valence-corrected chi connectivity index (χ3v) is 3.79. The number of aryl methyl sites for hydroxylation is 2. The molecule has 0 aliphatic heterocycles. The highest BCUT2D eigenvalue weighted by molar-refractivity contribution is 5.69. The molecule has 0 spiro atoms. The third kappa shape index (κ3) is 3.40. The van der Waals surface area contributed by atoms with Crippen molar-refractivity contribution in [2.75, 3.05) is 0 Å². The first-order chi connectivity index (χ1) is 11.8. The number of carbonyl (C=O) groups is 1. The summed E-state index contributed by atoms with van der Waals surface area (Å²) in [7, 11) is 0. The van der Waals surface area contributed by atoms with Crippen LogP contribution in [0, 0.1) is 25.5 Å². The summed E-state index contributed by atoms with van der Waals surface area (Å²) >= 11 is 0. The Morgan fingerprint density at radius 3 is 2.16 bits per heavy atom. The first kappa shape index (κ1) is 16.8. The van der Waals surface area contributed by atoms with Gasteiger partial charge in [0.2, 0.25) is 0 Å². The Morgan fingerprint density at radius 2 is 1.60 bits per heavy atom. The van der Waals surface area contributed by atoms with Crippen molar-refractivity contribution in [2.45, 2.75) is 20.4 Å². The molecule has 0 saturated heterocycles. The van der Waals surface area contributed by atoms with E-state index in [1.165, 1.54) is 28.9 Å². The Labute approximate surface area is 142 Å². The van der Waals surface area contributed by atoms with Crippen LogP contribution < -0.4 is 0 Å². The molecule has 25 heavy (non-hydrogen) atoms. The number of rotatable bonds is 4. The summed E-state index contributed by atoms with van der Waals surface area (Å²) < 4.78 is 28.2. The van der Waals surface area contributed by atoms with Crippen molar-refractivity contribution >= 4 is 5.97 Å². The highest BCUT2D eigenvalue weighted by Crippen LogP contribution is 2.25. The molecule has 0 radical (unpaired) electrons. The van der Waals surface area contributed by atoms with E-state index in [0.717, 1.165) is 0 Å². The molecule has 2 aromatic carbocycles. The van der Waals surface area contributed by atoms with E-state index in [2.05, 4.69) is 10.1 Å². The molecule has 0 unspecified atom stereocenters. The van der Waals surface area contributed by atoms with Crippen LogP contribution in [-0.2, 0) is 11.3 Å². The molecule has 5 nitrogen and oxygen atoms in total. The minimum Gasteiger partial charge on any atom is -0.480 e. The Hall–Kier alpha value is -3.09. The van der Waals surface area contributed by atoms with E-state index in [1.54, 1.807) is 26.0 Å². The summed E-state index contributed by atoms with van der Waals surface area (Å²) in [6.07, 6.45) is 0. The minimum atomic E-state index is -1.08. The van der Waals surface area contributed by atoms with Crippen molar-refractivity contribution < 1.29 is 18.7 Å². The molecule has 1 N–H and O–H groups in total. The van der Waals surface area contributed by atoms with Crippen LogP contribution in [0.1, 0.15) is 11.1 Å². The number of halogens is 2. The summed E-state index contributed by atoms with van der Waals surface area (Å²) in [5, 5.41) is 13.3. The molecule has 1 heterocycles. The summed E-state index contributed by atoms with van der Waals surface area (Å²) in [6, 6.07) is 8.83. The maximum atomic E-state index is 13.5. The zero-order valence-electron chi connectivity index (χ0n) is 13.6. The smallest absolute Gasteiger partial charge is 0.325 e. The predicted octanol–water partition coefficient (Wildman–Crippen LogP) is 3.59. The van der Waals surface area contributed by atoms with Gasteiger partial charge in [-0.2, -0.15) is 0 Å². The van der Waals surface area contributed by atoms with E-state index >= 15 is 0 Å². The Balaban J connectivity index is 2.13. The molecule has 0 saturated carbocycles. The fraction of sp³-hybridized carbons (Fsp3) is 0.167. The molecular formula is C18H15F2N3O2. The molecule has 3 rings (SSSR count). The van der Waals surface area contributed by atoms with Crippen molar-refractivity contribution in [2.24, 2.45) is 0 Å². The second-order valence-electron chi connectivity index (χ2n) is 5.74. The van der Waals surface area contributed by atoms with Gasteiger partial charge >= 0.3 is 5.97 Å². The lowest BCUT2D eigenvalue weighted by atomic mass is 10.1. The zero-order chi connectivity index (χ0) is 18.1. The normalized spacial score (nSPS) is 10.9. The van der Waals surface area contributed by atoms with Gasteiger partial charge < -0.3 is 5.11 Å². The lowest BCUT2D eigenvalue weighted by molar-refractivity contribution is -0.137. The van der Waals surface area contributed by atoms with Crippen LogP contribution in [0.2, 0.25) is 0 Å². The molecule has 3 aromatic rings. The average molecular weight is 343 g/mol. The maximum Gasteiger partial charge on any atom is 0.325 e. The maximum absolute atomic E-state index is 13.5. The first-order valence-corrected chi connectivity index (χ1v) is 7.55. The standard InChI is InChI=1S/C18H15F2N3O2/c1-10-7-12(3-5-14(10)19)17-21-18(23(22-17)9-16(24)25)13-4-6-15(20)11(2)8-13/h3-8H,9H2,1-2H3,(H,24,25). The van der Waals surface area contributed by atoms with Gasteiger partial charge in [0.25, 0.3) is 0 Å². The molecule has 0 fully saturated rings. The fourth-order valence-corrected chi connectivity index (χ4v) is 2.48. The molecule has 0 aliphatic rings. The van der Waals surface area contributed by atoms with E-state index in [0.29, 0.717) is 28.1 Å². The van der Waals surface area contributed by atoms with Gasteiger partial charge in [0.15, 0.2) is 11.6 Å². The lowest BCUT2D eigenvalue weighted by Crippen LogP contribution is -2.11. The second kappa shape index (κ2) is 6.43. The number of hydrogen-bond donors (Lipinski definition) is 1. The van der Waals surface area contributed by atoms with Crippen molar-refractivity contribution in [3.63, 3.8) is 0 Å². The summed E-state index contributed by atoms with van der Waals surface area (Å²) in [4.78, 5) is 15.5. The molecule has 0 aliphatic carbocycles. The zero-order valence-corrected chi connectivity index (χ0v) is 13.6. The molecule has 0 amide bonds. The van der Waals surface area contributed by atoms with Crippen molar-refractivity contribution in [1.29, 1.82) is 0 Å². The highest BCUT2D eigenvalue weighted by Gasteiger charge is 2.17. The SMILES string of the molecule is Cc1cc(-c2nc(-c3ccc(F)c(C)c3)n(CC(=O)O)n2)ccc1F. The Bertz CT molecular complexity index is 967. The van der Waals surface area contributed by atoms with Crippen molar-refractivity contribution in [1.82, 2.24) is 14.8 Å². The minimum absolute atomic E-state index is 0.279. The number of hydrogen-bond acceptors (Lipinski definition) is 3. The first-order valence-electron chi connectivity index (χ1n) is 7.55. The number of aromatic nitrogens is 3. The van der Waals surface area contributed by atoms with Crippen LogP contribution in [0.15, 0.2) is 36.4 Å². The summed E-state index contributed by atoms with van der Waals surface area (Å²) in [6.45, 7) is 2.84. The molecular weight excluding hydrogens is 328 g/mol. The highest BCUT2D eigenvalue weighted by atomic mass is 19.1. The summed E-state index contributed by atoms with van der Waals surface area (Å²) in [5.41, 5.74) is 1.98. The van der Waals surface area contributed by atoms with E-state index in [-0.39, 0.29) is 24.0 Å². The molecule has 128 valence electrons. The van der Waals surface area contributed by atoms with Gasteiger partial charge in [-0.25, -0.2) is 18.4 Å². The summed E-state index contributed by atoms with van der Waals surface area (Å²) in [5.74, 6) is -1.19.